The molecule has 2 unspecified atom stereocenters. The van der Waals surface area contributed by atoms with Crippen LogP contribution in [0.3, 0.4) is 0 Å². The van der Waals surface area contributed by atoms with Gasteiger partial charge >= 0.3 is 0 Å². The van der Waals surface area contributed by atoms with E-state index in [1.807, 2.05) is 11.8 Å². The Morgan fingerprint density at radius 2 is 2.16 bits per heavy atom. The van der Waals surface area contributed by atoms with Crippen molar-refractivity contribution < 1.29 is 4.74 Å². The van der Waals surface area contributed by atoms with Crippen LogP contribution in [0.4, 0.5) is 0 Å². The summed E-state index contributed by atoms with van der Waals surface area (Å²) >= 11 is 2.00. The maximum atomic E-state index is 6.20. The Balaban J connectivity index is 1.63. The van der Waals surface area contributed by atoms with Crippen molar-refractivity contribution in [2.24, 2.45) is 16.1 Å². The van der Waals surface area contributed by atoms with E-state index in [0.717, 1.165) is 32.1 Å². The minimum absolute atomic E-state index is 0.338. The van der Waals surface area contributed by atoms with E-state index in [-0.39, 0.29) is 0 Å². The standard InChI is InChI=1S/C14H25N3OS/c1-2-18-12-10-11(14(12)4-3-5-14)16-13(15)17-6-8-19-9-7-17/h11-12H,2-10H2,1H3,(H2,15,16). The molecule has 0 aromatic heterocycles. The summed E-state index contributed by atoms with van der Waals surface area (Å²) in [6, 6.07) is 0.410. The second-order valence-corrected chi connectivity index (χ2v) is 7.09. The minimum Gasteiger partial charge on any atom is -0.378 e. The van der Waals surface area contributed by atoms with E-state index in [9.17, 15) is 0 Å². The van der Waals surface area contributed by atoms with Crippen LogP contribution in [0, 0.1) is 5.41 Å². The van der Waals surface area contributed by atoms with Gasteiger partial charge in [-0.2, -0.15) is 11.8 Å². The molecule has 2 atom stereocenters. The molecule has 3 fully saturated rings. The highest BCUT2D eigenvalue weighted by atomic mass is 32.2. The zero-order valence-corrected chi connectivity index (χ0v) is 12.6. The van der Waals surface area contributed by atoms with Crippen molar-refractivity contribution in [3.05, 3.63) is 0 Å². The number of thioether (sulfide) groups is 1. The number of guanidine groups is 1. The van der Waals surface area contributed by atoms with Gasteiger partial charge in [0.15, 0.2) is 5.96 Å². The molecule has 2 saturated carbocycles. The maximum Gasteiger partial charge on any atom is 0.191 e. The van der Waals surface area contributed by atoms with E-state index < -0.39 is 0 Å². The van der Waals surface area contributed by atoms with Crippen LogP contribution in [-0.2, 0) is 4.74 Å². The quantitative estimate of drug-likeness (QED) is 0.633. The molecule has 1 aliphatic heterocycles. The molecular formula is C14H25N3OS. The Morgan fingerprint density at radius 3 is 2.74 bits per heavy atom. The molecule has 1 saturated heterocycles. The highest BCUT2D eigenvalue weighted by Crippen LogP contribution is 2.58. The molecule has 3 rings (SSSR count). The first-order valence-corrected chi connectivity index (χ1v) is 8.69. The Labute approximate surface area is 120 Å². The van der Waals surface area contributed by atoms with Crippen molar-refractivity contribution in [1.29, 1.82) is 0 Å². The SMILES string of the molecule is CCOC1CC(N=C(N)N2CCSCC2)C12CCC2. The van der Waals surface area contributed by atoms with Gasteiger partial charge in [-0.1, -0.05) is 6.42 Å². The Bertz CT molecular complexity index is 351. The van der Waals surface area contributed by atoms with Crippen LogP contribution in [0.25, 0.3) is 0 Å². The number of hydrogen-bond acceptors (Lipinski definition) is 3. The summed E-state index contributed by atoms with van der Waals surface area (Å²) in [6.45, 7) is 5.01. The van der Waals surface area contributed by atoms with Crippen molar-refractivity contribution >= 4 is 17.7 Å². The maximum absolute atomic E-state index is 6.20. The van der Waals surface area contributed by atoms with Gasteiger partial charge in [0.1, 0.15) is 0 Å². The third-order valence-corrected chi connectivity index (χ3v) is 5.96. The van der Waals surface area contributed by atoms with Gasteiger partial charge in [-0.15, -0.1) is 0 Å². The number of nitrogens with two attached hydrogens (primary N) is 1. The minimum atomic E-state index is 0.338. The lowest BCUT2D eigenvalue weighted by atomic mass is 9.51. The average Bonchev–Trinajstić information content (AvgIpc) is 2.36. The Hall–Kier alpha value is -0.420. The van der Waals surface area contributed by atoms with Crippen molar-refractivity contribution in [2.75, 3.05) is 31.2 Å². The fraction of sp³-hybridized carbons (Fsp3) is 0.929. The highest BCUT2D eigenvalue weighted by Gasteiger charge is 2.59. The molecule has 1 spiro atoms. The zero-order valence-electron chi connectivity index (χ0n) is 11.8. The molecule has 2 aliphatic carbocycles. The molecule has 5 heteroatoms. The second-order valence-electron chi connectivity index (χ2n) is 5.87. The largest absolute Gasteiger partial charge is 0.378 e. The predicted octanol–water partition coefficient (Wildman–Crippen LogP) is 1.70. The average molecular weight is 283 g/mol. The summed E-state index contributed by atoms with van der Waals surface area (Å²) in [5.41, 5.74) is 6.54. The second kappa shape index (κ2) is 5.52. The van der Waals surface area contributed by atoms with E-state index in [2.05, 4.69) is 11.8 Å². The monoisotopic (exact) mass is 283 g/mol. The van der Waals surface area contributed by atoms with Crippen LogP contribution < -0.4 is 5.73 Å². The van der Waals surface area contributed by atoms with Crippen molar-refractivity contribution in [3.8, 4) is 0 Å². The number of nitrogens with zero attached hydrogens (tertiary/aromatic N) is 2. The molecule has 0 amide bonds. The van der Waals surface area contributed by atoms with Crippen LogP contribution in [0.2, 0.25) is 0 Å². The Morgan fingerprint density at radius 1 is 1.42 bits per heavy atom. The Kier molecular flexibility index (Phi) is 3.94. The molecule has 4 nitrogen and oxygen atoms in total. The smallest absolute Gasteiger partial charge is 0.191 e. The number of hydrogen-bond donors (Lipinski definition) is 1. The van der Waals surface area contributed by atoms with Crippen molar-refractivity contribution in [2.45, 2.75) is 44.8 Å². The van der Waals surface area contributed by atoms with Crippen LogP contribution >= 0.6 is 11.8 Å². The van der Waals surface area contributed by atoms with Gasteiger partial charge in [0.05, 0.1) is 12.1 Å². The molecule has 2 N–H and O–H groups in total. The first-order valence-electron chi connectivity index (χ1n) is 7.54. The van der Waals surface area contributed by atoms with Gasteiger partial charge in [-0.25, -0.2) is 4.99 Å². The molecule has 0 aromatic rings. The summed E-state index contributed by atoms with van der Waals surface area (Å²) < 4.78 is 5.87. The van der Waals surface area contributed by atoms with Gasteiger partial charge in [-0.05, 0) is 26.2 Å². The van der Waals surface area contributed by atoms with Gasteiger partial charge in [-0.3, -0.25) is 0 Å². The third-order valence-electron chi connectivity index (χ3n) is 5.02. The van der Waals surface area contributed by atoms with Crippen molar-refractivity contribution in [1.82, 2.24) is 4.90 Å². The van der Waals surface area contributed by atoms with E-state index in [0.29, 0.717) is 17.6 Å². The van der Waals surface area contributed by atoms with E-state index in [1.165, 1.54) is 30.8 Å². The van der Waals surface area contributed by atoms with Gasteiger partial charge in [0.2, 0.25) is 0 Å². The topological polar surface area (TPSA) is 50.9 Å². The van der Waals surface area contributed by atoms with Crippen LogP contribution in [0.5, 0.6) is 0 Å². The first kappa shape index (κ1) is 13.6. The lowest BCUT2D eigenvalue weighted by Crippen LogP contribution is -2.62. The zero-order chi connectivity index (χ0) is 13.3. The number of ether oxygens (including phenoxy) is 1. The normalized spacial score (nSPS) is 33.9. The summed E-state index contributed by atoms with van der Waals surface area (Å²) in [5.74, 6) is 3.12. The highest BCUT2D eigenvalue weighted by molar-refractivity contribution is 7.99. The lowest BCUT2D eigenvalue weighted by Gasteiger charge is -2.59. The molecule has 3 aliphatic rings. The fourth-order valence-corrected chi connectivity index (χ4v) is 4.52. The molecule has 1 heterocycles. The van der Waals surface area contributed by atoms with Crippen molar-refractivity contribution in [3.63, 3.8) is 0 Å². The lowest BCUT2D eigenvalue weighted by molar-refractivity contribution is -0.162. The summed E-state index contributed by atoms with van der Waals surface area (Å²) in [7, 11) is 0. The van der Waals surface area contributed by atoms with Crippen LogP contribution in [0.15, 0.2) is 4.99 Å². The molecule has 19 heavy (non-hydrogen) atoms. The van der Waals surface area contributed by atoms with Crippen LogP contribution in [-0.4, -0.2) is 54.2 Å². The van der Waals surface area contributed by atoms with E-state index in [4.69, 9.17) is 15.5 Å². The molecule has 0 aromatic carbocycles. The fourth-order valence-electron chi connectivity index (χ4n) is 3.62. The summed E-state index contributed by atoms with van der Waals surface area (Å²) in [6.07, 6.45) is 5.38. The van der Waals surface area contributed by atoms with Gasteiger partial charge in [0, 0.05) is 36.6 Å². The molecule has 0 radical (unpaired) electrons. The predicted molar refractivity (Wildman–Crippen MR) is 80.6 cm³/mol. The van der Waals surface area contributed by atoms with Crippen LogP contribution in [0.1, 0.15) is 32.6 Å². The number of aliphatic imine (C=N–C) groups is 1. The third kappa shape index (κ3) is 2.35. The molecule has 0 bridgehead atoms. The first-order chi connectivity index (χ1) is 9.26. The summed E-state index contributed by atoms with van der Waals surface area (Å²) in [4.78, 5) is 7.09. The molecular weight excluding hydrogens is 258 g/mol. The van der Waals surface area contributed by atoms with Gasteiger partial charge in [0.25, 0.3) is 0 Å². The number of rotatable bonds is 3. The van der Waals surface area contributed by atoms with Gasteiger partial charge < -0.3 is 15.4 Å². The van der Waals surface area contributed by atoms with E-state index in [1.54, 1.807) is 0 Å². The summed E-state index contributed by atoms with van der Waals surface area (Å²) in [5, 5.41) is 0. The van der Waals surface area contributed by atoms with E-state index >= 15 is 0 Å². The molecule has 108 valence electrons.